The lowest BCUT2D eigenvalue weighted by Gasteiger charge is -2.02. The van der Waals surface area contributed by atoms with Gasteiger partial charge in [-0.2, -0.15) is 0 Å². The Kier molecular flexibility index (Phi) is 10.8. The summed E-state index contributed by atoms with van der Waals surface area (Å²) in [6.07, 6.45) is 12.1. The van der Waals surface area contributed by atoms with E-state index in [0.717, 1.165) is 32.1 Å². The second-order valence-corrected chi connectivity index (χ2v) is 5.59. The Morgan fingerprint density at radius 3 is 1.80 bits per heavy atom. The van der Waals surface area contributed by atoms with Crippen LogP contribution in [0.15, 0.2) is 34.9 Å². The maximum Gasteiger partial charge on any atom is 0.302 e. The van der Waals surface area contributed by atoms with E-state index >= 15 is 0 Å². The summed E-state index contributed by atoms with van der Waals surface area (Å²) >= 11 is 0. The van der Waals surface area contributed by atoms with E-state index in [1.807, 2.05) is 0 Å². The lowest BCUT2D eigenvalue weighted by atomic mass is 10.1. The molecule has 114 valence electrons. The molecule has 0 aromatic carbocycles. The number of allylic oxidation sites excluding steroid dienone is 5. The molecule has 0 spiro atoms. The van der Waals surface area contributed by atoms with Crippen LogP contribution >= 0.6 is 0 Å². The van der Waals surface area contributed by atoms with E-state index in [4.69, 9.17) is 4.74 Å². The highest BCUT2D eigenvalue weighted by atomic mass is 16.5. The molecule has 0 saturated heterocycles. The molecule has 0 aromatic rings. The minimum atomic E-state index is -0.203. The van der Waals surface area contributed by atoms with Crippen LogP contribution in [0.1, 0.15) is 66.7 Å². The Morgan fingerprint density at radius 1 is 0.800 bits per heavy atom. The fourth-order valence-electron chi connectivity index (χ4n) is 1.85. The SMILES string of the molecule is CC(=O)OCC/C=C(\C)CC/C=C(/C)CCC=C(C)C. The van der Waals surface area contributed by atoms with E-state index in [1.165, 1.54) is 23.6 Å². The largest absolute Gasteiger partial charge is 0.466 e. The zero-order valence-electron chi connectivity index (χ0n) is 13.8. The molecule has 0 N–H and O–H groups in total. The van der Waals surface area contributed by atoms with Gasteiger partial charge in [0.05, 0.1) is 6.61 Å². The lowest BCUT2D eigenvalue weighted by Crippen LogP contribution is -1.99. The smallest absolute Gasteiger partial charge is 0.302 e. The quantitative estimate of drug-likeness (QED) is 0.322. The topological polar surface area (TPSA) is 26.3 Å². The summed E-state index contributed by atoms with van der Waals surface area (Å²) in [4.78, 5) is 10.6. The van der Waals surface area contributed by atoms with Crippen molar-refractivity contribution in [3.63, 3.8) is 0 Å². The van der Waals surface area contributed by atoms with E-state index in [2.05, 4.69) is 45.9 Å². The summed E-state index contributed by atoms with van der Waals surface area (Å²) in [6, 6.07) is 0. The maximum atomic E-state index is 10.6. The second-order valence-electron chi connectivity index (χ2n) is 5.59. The van der Waals surface area contributed by atoms with Crippen LogP contribution in [0.5, 0.6) is 0 Å². The van der Waals surface area contributed by atoms with Gasteiger partial charge in [-0.25, -0.2) is 0 Å². The lowest BCUT2D eigenvalue weighted by molar-refractivity contribution is -0.140. The van der Waals surface area contributed by atoms with Gasteiger partial charge in [0.25, 0.3) is 0 Å². The highest BCUT2D eigenvalue weighted by Gasteiger charge is 1.93. The Balaban J connectivity index is 3.82. The third kappa shape index (κ3) is 13.1. The number of carbonyl (C=O) groups excluding carboxylic acids is 1. The molecule has 0 unspecified atom stereocenters. The molecule has 20 heavy (non-hydrogen) atoms. The molecule has 2 nitrogen and oxygen atoms in total. The Morgan fingerprint density at radius 2 is 1.30 bits per heavy atom. The van der Waals surface area contributed by atoms with Crippen molar-refractivity contribution in [3.05, 3.63) is 34.9 Å². The van der Waals surface area contributed by atoms with Crippen LogP contribution in [-0.4, -0.2) is 12.6 Å². The average Bonchev–Trinajstić information content (AvgIpc) is 2.34. The van der Waals surface area contributed by atoms with Crippen LogP contribution in [-0.2, 0) is 9.53 Å². The Bertz CT molecular complexity index is 369. The highest BCUT2D eigenvalue weighted by Crippen LogP contribution is 2.11. The third-order valence-electron chi connectivity index (χ3n) is 3.04. The van der Waals surface area contributed by atoms with Gasteiger partial charge in [0, 0.05) is 6.92 Å². The number of hydrogen-bond donors (Lipinski definition) is 0. The molecular formula is C18H30O2. The summed E-state index contributed by atoms with van der Waals surface area (Å²) in [5.74, 6) is -0.203. The minimum Gasteiger partial charge on any atom is -0.466 e. The summed E-state index contributed by atoms with van der Waals surface area (Å²) in [7, 11) is 0. The molecule has 0 atom stereocenters. The Hall–Kier alpha value is -1.31. The standard InChI is InChI=1S/C18H30O2/c1-15(2)9-6-10-16(3)11-7-12-17(4)13-8-14-20-18(5)19/h9,11,13H,6-8,10,12,14H2,1-5H3/b16-11-,17-13+. The summed E-state index contributed by atoms with van der Waals surface area (Å²) < 4.78 is 4.90. The van der Waals surface area contributed by atoms with Crippen molar-refractivity contribution in [2.24, 2.45) is 0 Å². The predicted octanol–water partition coefficient (Wildman–Crippen LogP) is 5.36. The first kappa shape index (κ1) is 18.7. The van der Waals surface area contributed by atoms with Gasteiger partial charge in [0.2, 0.25) is 0 Å². The van der Waals surface area contributed by atoms with Crippen molar-refractivity contribution >= 4 is 5.97 Å². The zero-order chi connectivity index (χ0) is 15.4. The predicted molar refractivity (Wildman–Crippen MR) is 86.7 cm³/mol. The van der Waals surface area contributed by atoms with Crippen molar-refractivity contribution < 1.29 is 9.53 Å². The molecule has 0 heterocycles. The fraction of sp³-hybridized carbons (Fsp3) is 0.611. The number of esters is 1. The van der Waals surface area contributed by atoms with E-state index in [-0.39, 0.29) is 5.97 Å². The first-order valence-corrected chi connectivity index (χ1v) is 7.49. The zero-order valence-corrected chi connectivity index (χ0v) is 13.8. The van der Waals surface area contributed by atoms with Crippen molar-refractivity contribution in [2.75, 3.05) is 6.61 Å². The van der Waals surface area contributed by atoms with Gasteiger partial charge >= 0.3 is 5.97 Å². The number of hydrogen-bond acceptors (Lipinski definition) is 2. The van der Waals surface area contributed by atoms with Crippen molar-refractivity contribution in [1.82, 2.24) is 0 Å². The first-order chi connectivity index (χ1) is 9.41. The minimum absolute atomic E-state index is 0.203. The van der Waals surface area contributed by atoms with Crippen molar-refractivity contribution in [2.45, 2.75) is 66.7 Å². The molecule has 0 aliphatic rings. The molecule has 0 saturated carbocycles. The van der Waals surface area contributed by atoms with Crippen molar-refractivity contribution in [1.29, 1.82) is 0 Å². The number of rotatable bonds is 9. The van der Waals surface area contributed by atoms with Crippen LogP contribution in [0.3, 0.4) is 0 Å². The monoisotopic (exact) mass is 278 g/mol. The van der Waals surface area contributed by atoms with Crippen LogP contribution in [0.25, 0.3) is 0 Å². The van der Waals surface area contributed by atoms with Crippen LogP contribution in [0.4, 0.5) is 0 Å². The summed E-state index contributed by atoms with van der Waals surface area (Å²) in [6.45, 7) is 10.6. The van der Waals surface area contributed by atoms with E-state index < -0.39 is 0 Å². The second kappa shape index (κ2) is 11.5. The average molecular weight is 278 g/mol. The molecule has 0 aliphatic heterocycles. The normalized spacial score (nSPS) is 12.2. The molecule has 0 fully saturated rings. The molecule has 0 aliphatic carbocycles. The molecule has 0 amide bonds. The van der Waals surface area contributed by atoms with Gasteiger partial charge in [0.1, 0.15) is 0 Å². The van der Waals surface area contributed by atoms with E-state index in [0.29, 0.717) is 6.61 Å². The molecule has 0 bridgehead atoms. The van der Waals surface area contributed by atoms with Crippen LogP contribution < -0.4 is 0 Å². The van der Waals surface area contributed by atoms with Gasteiger partial charge < -0.3 is 4.74 Å². The van der Waals surface area contributed by atoms with Gasteiger partial charge in [0.15, 0.2) is 0 Å². The molecular weight excluding hydrogens is 248 g/mol. The number of carbonyl (C=O) groups is 1. The molecule has 0 aromatic heterocycles. The van der Waals surface area contributed by atoms with E-state index in [1.54, 1.807) is 0 Å². The third-order valence-corrected chi connectivity index (χ3v) is 3.04. The first-order valence-electron chi connectivity index (χ1n) is 7.49. The van der Waals surface area contributed by atoms with Crippen molar-refractivity contribution in [3.8, 4) is 0 Å². The Labute approximate surface area is 124 Å². The fourth-order valence-corrected chi connectivity index (χ4v) is 1.85. The van der Waals surface area contributed by atoms with Crippen LogP contribution in [0.2, 0.25) is 0 Å². The highest BCUT2D eigenvalue weighted by molar-refractivity contribution is 5.65. The maximum absolute atomic E-state index is 10.6. The van der Waals surface area contributed by atoms with Gasteiger partial charge in [-0.05, 0) is 59.8 Å². The molecule has 0 radical (unpaired) electrons. The molecule has 2 heteroatoms. The molecule has 0 rings (SSSR count). The van der Waals surface area contributed by atoms with Gasteiger partial charge in [-0.3, -0.25) is 4.79 Å². The van der Waals surface area contributed by atoms with E-state index in [9.17, 15) is 4.79 Å². The summed E-state index contributed by atoms with van der Waals surface area (Å²) in [5, 5.41) is 0. The van der Waals surface area contributed by atoms with Gasteiger partial charge in [-0.15, -0.1) is 0 Å². The number of ether oxygens (including phenoxy) is 1. The van der Waals surface area contributed by atoms with Gasteiger partial charge in [-0.1, -0.05) is 34.9 Å². The summed E-state index contributed by atoms with van der Waals surface area (Å²) in [5.41, 5.74) is 4.23. The van der Waals surface area contributed by atoms with Crippen LogP contribution in [0, 0.1) is 0 Å².